The third-order valence-electron chi connectivity index (χ3n) is 3.29. The molecule has 1 aromatic carbocycles. The molecule has 0 bridgehead atoms. The number of carbonyl (C=O) groups is 1. The maximum Gasteiger partial charge on any atom is 0.224 e. The molecular weight excluding hydrogens is 200 g/mol. The second-order valence-corrected chi connectivity index (χ2v) is 4.41. The van der Waals surface area contributed by atoms with Gasteiger partial charge in [-0.15, -0.1) is 0 Å². The van der Waals surface area contributed by atoms with Crippen molar-refractivity contribution in [3.05, 3.63) is 29.8 Å². The van der Waals surface area contributed by atoms with E-state index >= 15 is 0 Å². The van der Waals surface area contributed by atoms with Crippen LogP contribution in [-0.2, 0) is 4.79 Å². The Balaban J connectivity index is 2.12. The monoisotopic (exact) mass is 218 g/mol. The van der Waals surface area contributed by atoms with E-state index in [1.54, 1.807) is 0 Å². The summed E-state index contributed by atoms with van der Waals surface area (Å²) in [5, 5.41) is 0. The zero-order valence-corrected chi connectivity index (χ0v) is 9.65. The van der Waals surface area contributed by atoms with E-state index in [9.17, 15) is 4.79 Å². The molecule has 1 aliphatic heterocycles. The van der Waals surface area contributed by atoms with Gasteiger partial charge in [-0.1, -0.05) is 12.1 Å². The van der Waals surface area contributed by atoms with Gasteiger partial charge in [0.1, 0.15) is 0 Å². The summed E-state index contributed by atoms with van der Waals surface area (Å²) in [5.74, 6) is -0.471. The van der Waals surface area contributed by atoms with Gasteiger partial charge in [-0.3, -0.25) is 4.79 Å². The SMILES string of the molecule is CC(C(N)=O)c1ccc(N2CCCC2)cc1. The highest BCUT2D eigenvalue weighted by molar-refractivity contribution is 5.81. The highest BCUT2D eigenvalue weighted by atomic mass is 16.1. The number of anilines is 1. The number of hydrogen-bond donors (Lipinski definition) is 1. The highest BCUT2D eigenvalue weighted by Gasteiger charge is 2.14. The van der Waals surface area contributed by atoms with E-state index in [2.05, 4.69) is 17.0 Å². The molecule has 86 valence electrons. The van der Waals surface area contributed by atoms with Crippen LogP contribution >= 0.6 is 0 Å². The summed E-state index contributed by atoms with van der Waals surface area (Å²) in [5.41, 5.74) is 7.52. The lowest BCUT2D eigenvalue weighted by molar-refractivity contribution is -0.119. The zero-order valence-electron chi connectivity index (χ0n) is 9.65. The Morgan fingerprint density at radius 2 is 1.81 bits per heavy atom. The van der Waals surface area contributed by atoms with Crippen molar-refractivity contribution in [3.63, 3.8) is 0 Å². The van der Waals surface area contributed by atoms with Gasteiger partial charge < -0.3 is 10.6 Å². The van der Waals surface area contributed by atoms with Crippen LogP contribution < -0.4 is 10.6 Å². The van der Waals surface area contributed by atoms with Gasteiger partial charge in [0, 0.05) is 18.8 Å². The van der Waals surface area contributed by atoms with Crippen LogP contribution in [0.4, 0.5) is 5.69 Å². The van der Waals surface area contributed by atoms with Gasteiger partial charge in [-0.05, 0) is 37.5 Å². The molecule has 0 aromatic heterocycles. The Hall–Kier alpha value is -1.51. The third-order valence-corrected chi connectivity index (χ3v) is 3.29. The van der Waals surface area contributed by atoms with Gasteiger partial charge >= 0.3 is 0 Å². The van der Waals surface area contributed by atoms with E-state index in [1.165, 1.54) is 18.5 Å². The minimum absolute atomic E-state index is 0.201. The molecule has 16 heavy (non-hydrogen) atoms. The number of nitrogens with zero attached hydrogens (tertiary/aromatic N) is 1. The molecule has 1 heterocycles. The number of amides is 1. The Morgan fingerprint density at radius 3 is 2.31 bits per heavy atom. The molecule has 3 nitrogen and oxygen atoms in total. The molecule has 1 aromatic rings. The molecule has 1 amide bonds. The molecule has 2 N–H and O–H groups in total. The second kappa shape index (κ2) is 4.56. The molecule has 2 rings (SSSR count). The molecule has 0 radical (unpaired) electrons. The van der Waals surface area contributed by atoms with Crippen molar-refractivity contribution in [2.45, 2.75) is 25.7 Å². The number of carbonyl (C=O) groups excluding carboxylic acids is 1. The normalized spacial score (nSPS) is 17.4. The molecule has 1 fully saturated rings. The van der Waals surface area contributed by atoms with Gasteiger partial charge in [0.2, 0.25) is 5.91 Å². The summed E-state index contributed by atoms with van der Waals surface area (Å²) >= 11 is 0. The van der Waals surface area contributed by atoms with E-state index in [1.807, 2.05) is 19.1 Å². The molecule has 0 spiro atoms. The maximum absolute atomic E-state index is 11.1. The molecule has 1 saturated heterocycles. The van der Waals surface area contributed by atoms with Crippen molar-refractivity contribution in [2.75, 3.05) is 18.0 Å². The average Bonchev–Trinajstić information content (AvgIpc) is 2.81. The largest absolute Gasteiger partial charge is 0.372 e. The lowest BCUT2D eigenvalue weighted by Gasteiger charge is -2.18. The average molecular weight is 218 g/mol. The van der Waals surface area contributed by atoms with Gasteiger partial charge in [0.15, 0.2) is 0 Å². The van der Waals surface area contributed by atoms with E-state index < -0.39 is 0 Å². The Labute approximate surface area is 96.2 Å². The standard InChI is InChI=1S/C13H18N2O/c1-10(13(14)16)11-4-6-12(7-5-11)15-8-2-3-9-15/h4-7,10H,2-3,8-9H2,1H3,(H2,14,16). The molecule has 0 saturated carbocycles. The van der Waals surface area contributed by atoms with E-state index in [-0.39, 0.29) is 11.8 Å². The molecule has 1 unspecified atom stereocenters. The quantitative estimate of drug-likeness (QED) is 0.842. The number of benzene rings is 1. The first kappa shape index (κ1) is 11.0. The second-order valence-electron chi connectivity index (χ2n) is 4.41. The third kappa shape index (κ3) is 2.18. The van der Waals surface area contributed by atoms with Gasteiger partial charge in [0.05, 0.1) is 5.92 Å². The van der Waals surface area contributed by atoms with Gasteiger partial charge in [0.25, 0.3) is 0 Å². The predicted octanol–water partition coefficient (Wildman–Crippen LogP) is 1.88. The first-order chi connectivity index (χ1) is 7.68. The Morgan fingerprint density at radius 1 is 1.25 bits per heavy atom. The Kier molecular flexibility index (Phi) is 3.13. The van der Waals surface area contributed by atoms with Crippen molar-refractivity contribution < 1.29 is 4.79 Å². The van der Waals surface area contributed by atoms with Crippen LogP contribution in [0.2, 0.25) is 0 Å². The van der Waals surface area contributed by atoms with Crippen molar-refractivity contribution in [1.82, 2.24) is 0 Å². The summed E-state index contributed by atoms with van der Waals surface area (Å²) in [6, 6.07) is 8.17. The summed E-state index contributed by atoms with van der Waals surface area (Å²) in [4.78, 5) is 13.4. The summed E-state index contributed by atoms with van der Waals surface area (Å²) in [6.07, 6.45) is 2.55. The fourth-order valence-electron chi connectivity index (χ4n) is 2.11. The van der Waals surface area contributed by atoms with Gasteiger partial charge in [-0.25, -0.2) is 0 Å². The summed E-state index contributed by atoms with van der Waals surface area (Å²) in [7, 11) is 0. The first-order valence-electron chi connectivity index (χ1n) is 5.82. The fraction of sp³-hybridized carbons (Fsp3) is 0.462. The van der Waals surface area contributed by atoms with Crippen LogP contribution in [0, 0.1) is 0 Å². The lowest BCUT2D eigenvalue weighted by Crippen LogP contribution is -2.19. The minimum Gasteiger partial charge on any atom is -0.372 e. The summed E-state index contributed by atoms with van der Waals surface area (Å²) in [6.45, 7) is 4.13. The van der Waals surface area contributed by atoms with Crippen LogP contribution in [0.5, 0.6) is 0 Å². The van der Waals surface area contributed by atoms with E-state index in [0.717, 1.165) is 18.7 Å². The Bertz CT molecular complexity index is 366. The van der Waals surface area contributed by atoms with Crippen molar-refractivity contribution in [2.24, 2.45) is 5.73 Å². The number of nitrogens with two attached hydrogens (primary N) is 1. The topological polar surface area (TPSA) is 46.3 Å². The van der Waals surface area contributed by atoms with E-state index in [4.69, 9.17) is 5.73 Å². The predicted molar refractivity (Wildman–Crippen MR) is 65.5 cm³/mol. The van der Waals surface area contributed by atoms with Crippen LogP contribution in [0.3, 0.4) is 0 Å². The lowest BCUT2D eigenvalue weighted by atomic mass is 10.0. The fourth-order valence-corrected chi connectivity index (χ4v) is 2.11. The molecule has 0 aliphatic carbocycles. The number of hydrogen-bond acceptors (Lipinski definition) is 2. The molecule has 3 heteroatoms. The van der Waals surface area contributed by atoms with Crippen LogP contribution in [0.1, 0.15) is 31.2 Å². The van der Waals surface area contributed by atoms with Crippen molar-refractivity contribution in [1.29, 1.82) is 0 Å². The summed E-state index contributed by atoms with van der Waals surface area (Å²) < 4.78 is 0. The van der Waals surface area contributed by atoms with Crippen molar-refractivity contribution in [3.8, 4) is 0 Å². The van der Waals surface area contributed by atoms with Crippen molar-refractivity contribution >= 4 is 11.6 Å². The van der Waals surface area contributed by atoms with Gasteiger partial charge in [-0.2, -0.15) is 0 Å². The maximum atomic E-state index is 11.1. The number of primary amides is 1. The number of rotatable bonds is 3. The van der Waals surface area contributed by atoms with Crippen LogP contribution in [-0.4, -0.2) is 19.0 Å². The minimum atomic E-state index is -0.270. The highest BCUT2D eigenvalue weighted by Crippen LogP contribution is 2.23. The van der Waals surface area contributed by atoms with Crippen LogP contribution in [0.15, 0.2) is 24.3 Å². The molecular formula is C13H18N2O. The smallest absolute Gasteiger partial charge is 0.224 e. The first-order valence-corrected chi connectivity index (χ1v) is 5.82. The molecule has 1 aliphatic rings. The molecule has 1 atom stereocenters. The van der Waals surface area contributed by atoms with E-state index in [0.29, 0.717) is 0 Å². The zero-order chi connectivity index (χ0) is 11.5. The van der Waals surface area contributed by atoms with Crippen LogP contribution in [0.25, 0.3) is 0 Å².